The van der Waals surface area contributed by atoms with Gasteiger partial charge in [-0.15, -0.1) is 0 Å². The monoisotopic (exact) mass is 272 g/mol. The van der Waals surface area contributed by atoms with E-state index in [1.54, 1.807) is 12.3 Å². The molecule has 1 heterocycles. The van der Waals surface area contributed by atoms with Crippen molar-refractivity contribution < 1.29 is 4.74 Å². The normalized spacial score (nSPS) is 10.7. The number of hydrogen-bond acceptors (Lipinski definition) is 5. The molecule has 0 saturated carbocycles. The van der Waals surface area contributed by atoms with Crippen molar-refractivity contribution in [2.75, 3.05) is 12.0 Å². The molecule has 0 aliphatic heterocycles. The second-order valence-corrected chi connectivity index (χ2v) is 4.08. The van der Waals surface area contributed by atoms with E-state index in [-0.39, 0.29) is 0 Å². The van der Waals surface area contributed by atoms with Crippen LogP contribution in [0.2, 0.25) is 0 Å². The molecule has 104 valence electrons. The SMILES string of the molecule is CCCOc1ccc(/C=N/Nc2ccnc(=O)[nH]2)cc1. The van der Waals surface area contributed by atoms with Gasteiger partial charge in [0, 0.05) is 6.20 Å². The third kappa shape index (κ3) is 4.24. The van der Waals surface area contributed by atoms with E-state index in [1.807, 2.05) is 24.3 Å². The smallest absolute Gasteiger partial charge is 0.346 e. The van der Waals surface area contributed by atoms with Crippen molar-refractivity contribution in [1.29, 1.82) is 0 Å². The van der Waals surface area contributed by atoms with Crippen molar-refractivity contribution in [1.82, 2.24) is 9.97 Å². The molecule has 0 spiro atoms. The summed E-state index contributed by atoms with van der Waals surface area (Å²) in [6, 6.07) is 9.23. The molecule has 6 heteroatoms. The molecule has 0 aliphatic rings. The summed E-state index contributed by atoms with van der Waals surface area (Å²) in [4.78, 5) is 17.0. The molecule has 2 rings (SSSR count). The average molecular weight is 272 g/mol. The summed E-state index contributed by atoms with van der Waals surface area (Å²) in [6.07, 6.45) is 4.05. The quantitative estimate of drug-likeness (QED) is 0.622. The maximum Gasteiger partial charge on any atom is 0.346 e. The molecule has 6 nitrogen and oxygen atoms in total. The van der Waals surface area contributed by atoms with Gasteiger partial charge in [0.1, 0.15) is 11.6 Å². The van der Waals surface area contributed by atoms with E-state index in [0.717, 1.165) is 17.7 Å². The fraction of sp³-hybridized carbons (Fsp3) is 0.214. The first-order valence-corrected chi connectivity index (χ1v) is 6.35. The van der Waals surface area contributed by atoms with Crippen LogP contribution in [0, 0.1) is 0 Å². The van der Waals surface area contributed by atoms with Crippen LogP contribution in [0.1, 0.15) is 18.9 Å². The van der Waals surface area contributed by atoms with E-state index < -0.39 is 5.69 Å². The molecule has 0 saturated heterocycles. The largest absolute Gasteiger partial charge is 0.494 e. The molecule has 0 bridgehead atoms. The van der Waals surface area contributed by atoms with Crippen LogP contribution in [0.5, 0.6) is 5.75 Å². The number of ether oxygens (including phenoxy) is 1. The van der Waals surface area contributed by atoms with Gasteiger partial charge >= 0.3 is 5.69 Å². The summed E-state index contributed by atoms with van der Waals surface area (Å²) < 4.78 is 5.49. The Hall–Kier alpha value is -2.63. The summed E-state index contributed by atoms with van der Waals surface area (Å²) in [7, 11) is 0. The van der Waals surface area contributed by atoms with Gasteiger partial charge < -0.3 is 4.74 Å². The Kier molecular flexibility index (Phi) is 4.88. The number of aromatic nitrogens is 2. The van der Waals surface area contributed by atoms with E-state index in [4.69, 9.17) is 4.74 Å². The lowest BCUT2D eigenvalue weighted by Crippen LogP contribution is -2.10. The fourth-order valence-electron chi connectivity index (χ4n) is 1.48. The zero-order chi connectivity index (χ0) is 14.2. The number of hydrogen-bond donors (Lipinski definition) is 2. The van der Waals surface area contributed by atoms with Crippen LogP contribution >= 0.6 is 0 Å². The Morgan fingerprint density at radius 2 is 2.15 bits per heavy atom. The van der Waals surface area contributed by atoms with Crippen LogP contribution in [-0.4, -0.2) is 22.8 Å². The van der Waals surface area contributed by atoms with Crippen LogP contribution in [-0.2, 0) is 0 Å². The standard InChI is InChI=1S/C14H16N4O2/c1-2-9-20-12-5-3-11(4-6-12)10-16-18-13-7-8-15-14(19)17-13/h3-8,10H,2,9H2,1H3,(H2,15,17,18,19)/b16-10+. The van der Waals surface area contributed by atoms with Gasteiger partial charge in [-0.25, -0.2) is 9.78 Å². The molecule has 20 heavy (non-hydrogen) atoms. The highest BCUT2D eigenvalue weighted by Crippen LogP contribution is 2.11. The van der Waals surface area contributed by atoms with Crippen molar-refractivity contribution in [3.63, 3.8) is 0 Å². The summed E-state index contributed by atoms with van der Waals surface area (Å²) >= 11 is 0. The summed E-state index contributed by atoms with van der Waals surface area (Å²) in [5.74, 6) is 1.33. The number of aromatic amines is 1. The zero-order valence-electron chi connectivity index (χ0n) is 11.2. The van der Waals surface area contributed by atoms with E-state index in [9.17, 15) is 4.79 Å². The van der Waals surface area contributed by atoms with Crippen molar-refractivity contribution in [3.05, 3.63) is 52.6 Å². The fourth-order valence-corrected chi connectivity index (χ4v) is 1.48. The van der Waals surface area contributed by atoms with Crippen molar-refractivity contribution in [3.8, 4) is 5.75 Å². The Morgan fingerprint density at radius 1 is 1.35 bits per heavy atom. The zero-order valence-corrected chi connectivity index (χ0v) is 11.2. The average Bonchev–Trinajstić information content (AvgIpc) is 2.46. The van der Waals surface area contributed by atoms with Gasteiger partial charge in [0.25, 0.3) is 0 Å². The van der Waals surface area contributed by atoms with Crippen molar-refractivity contribution >= 4 is 12.0 Å². The topological polar surface area (TPSA) is 79.4 Å². The second-order valence-electron chi connectivity index (χ2n) is 4.08. The maximum atomic E-state index is 11.0. The number of hydrazone groups is 1. The number of nitrogens with zero attached hydrogens (tertiary/aromatic N) is 2. The van der Waals surface area contributed by atoms with Gasteiger partial charge in [0.05, 0.1) is 12.8 Å². The minimum atomic E-state index is -0.414. The highest BCUT2D eigenvalue weighted by atomic mass is 16.5. The maximum absolute atomic E-state index is 11.0. The molecule has 2 N–H and O–H groups in total. The molecule has 0 unspecified atom stereocenters. The minimum absolute atomic E-state index is 0.414. The lowest BCUT2D eigenvalue weighted by atomic mass is 10.2. The molecule has 2 aromatic rings. The highest BCUT2D eigenvalue weighted by Gasteiger charge is 1.93. The first-order valence-electron chi connectivity index (χ1n) is 6.35. The van der Waals surface area contributed by atoms with E-state index in [0.29, 0.717) is 12.4 Å². The second kappa shape index (κ2) is 7.08. The lowest BCUT2D eigenvalue weighted by molar-refractivity contribution is 0.317. The predicted octanol–water partition coefficient (Wildman–Crippen LogP) is 2.00. The third-order valence-corrected chi connectivity index (χ3v) is 2.43. The molecule has 0 fully saturated rings. The van der Waals surface area contributed by atoms with E-state index >= 15 is 0 Å². The Morgan fingerprint density at radius 3 is 2.85 bits per heavy atom. The van der Waals surface area contributed by atoms with Crippen molar-refractivity contribution in [2.24, 2.45) is 5.10 Å². The molecular formula is C14H16N4O2. The van der Waals surface area contributed by atoms with Crippen LogP contribution in [0.3, 0.4) is 0 Å². The minimum Gasteiger partial charge on any atom is -0.494 e. The van der Waals surface area contributed by atoms with Crippen LogP contribution in [0.4, 0.5) is 5.82 Å². The van der Waals surface area contributed by atoms with Gasteiger partial charge in [0.15, 0.2) is 0 Å². The van der Waals surface area contributed by atoms with E-state index in [2.05, 4.69) is 27.4 Å². The molecule has 1 aromatic heterocycles. The number of benzene rings is 1. The van der Waals surface area contributed by atoms with E-state index in [1.165, 1.54) is 6.20 Å². The first kappa shape index (κ1) is 13.8. The summed E-state index contributed by atoms with van der Waals surface area (Å²) in [5, 5.41) is 4.03. The number of nitrogens with one attached hydrogen (secondary N) is 2. The van der Waals surface area contributed by atoms with Crippen LogP contribution in [0.15, 0.2) is 46.4 Å². The molecule has 0 radical (unpaired) electrons. The van der Waals surface area contributed by atoms with Crippen molar-refractivity contribution in [2.45, 2.75) is 13.3 Å². The van der Waals surface area contributed by atoms with Gasteiger partial charge in [-0.2, -0.15) is 5.10 Å². The third-order valence-electron chi connectivity index (χ3n) is 2.43. The molecule has 0 atom stereocenters. The first-order chi connectivity index (χ1) is 9.78. The highest BCUT2D eigenvalue weighted by molar-refractivity contribution is 5.80. The van der Waals surface area contributed by atoms with Gasteiger partial charge in [-0.3, -0.25) is 10.4 Å². The van der Waals surface area contributed by atoms with Gasteiger partial charge in [0.2, 0.25) is 0 Å². The Labute approximate surface area is 116 Å². The summed E-state index contributed by atoms with van der Waals surface area (Å²) in [5.41, 5.74) is 3.24. The van der Waals surface area contributed by atoms with Gasteiger partial charge in [-0.05, 0) is 42.3 Å². The Balaban J connectivity index is 1.92. The lowest BCUT2D eigenvalue weighted by Gasteiger charge is -2.04. The van der Waals surface area contributed by atoms with Gasteiger partial charge in [-0.1, -0.05) is 6.92 Å². The number of anilines is 1. The molecule has 0 aliphatic carbocycles. The summed E-state index contributed by atoms with van der Waals surface area (Å²) in [6.45, 7) is 2.78. The number of rotatable bonds is 6. The molecule has 0 amide bonds. The van der Waals surface area contributed by atoms with Crippen LogP contribution < -0.4 is 15.9 Å². The molecular weight excluding hydrogens is 256 g/mol. The van der Waals surface area contributed by atoms with Crippen LogP contribution in [0.25, 0.3) is 0 Å². The predicted molar refractivity (Wildman–Crippen MR) is 78.3 cm³/mol. The number of H-pyrrole nitrogens is 1. The Bertz CT molecular complexity index is 620. The molecule has 1 aromatic carbocycles.